The monoisotopic (exact) mass is 308 g/mol. The average molecular weight is 308 g/mol. The van der Waals surface area contributed by atoms with E-state index in [1.54, 1.807) is 18.4 Å². The fourth-order valence-corrected chi connectivity index (χ4v) is 3.26. The molecule has 0 aromatic carbocycles. The van der Waals surface area contributed by atoms with E-state index in [1.165, 1.54) is 11.8 Å². The van der Waals surface area contributed by atoms with E-state index >= 15 is 0 Å². The third kappa shape index (κ3) is 2.77. The van der Waals surface area contributed by atoms with Crippen LogP contribution in [0.15, 0.2) is 27.2 Å². The van der Waals surface area contributed by atoms with E-state index in [0.29, 0.717) is 29.1 Å². The van der Waals surface area contributed by atoms with Crippen molar-refractivity contribution >= 4 is 39.1 Å². The zero-order chi connectivity index (χ0) is 13.9. The van der Waals surface area contributed by atoms with Crippen LogP contribution in [0.5, 0.6) is 0 Å². The lowest BCUT2D eigenvalue weighted by molar-refractivity contribution is 0.156. The number of nitrogens with two attached hydrogens (primary N) is 1. The van der Waals surface area contributed by atoms with Gasteiger partial charge < -0.3 is 15.0 Å². The Kier molecular flexibility index (Phi) is 3.86. The van der Waals surface area contributed by atoms with Crippen LogP contribution in [0.3, 0.4) is 0 Å². The molecule has 0 unspecified atom stereocenters. The molecular formula is C12H12N4O2S2. The van der Waals surface area contributed by atoms with Gasteiger partial charge in [-0.05, 0) is 11.4 Å². The zero-order valence-electron chi connectivity index (χ0n) is 10.7. The average Bonchev–Trinajstić information content (AvgIpc) is 3.06. The normalized spacial score (nSPS) is 11.2. The SMILES string of the molecule is COCc1cc(CSc2nc(N)c3ccsc3n2)no1. The first kappa shape index (κ1) is 13.3. The highest BCUT2D eigenvalue weighted by molar-refractivity contribution is 7.98. The number of hydrogen-bond donors (Lipinski definition) is 1. The number of ether oxygens (including phenoxy) is 1. The van der Waals surface area contributed by atoms with E-state index in [4.69, 9.17) is 15.0 Å². The Morgan fingerprint density at radius 1 is 1.45 bits per heavy atom. The lowest BCUT2D eigenvalue weighted by Gasteiger charge is -2.00. The third-order valence-electron chi connectivity index (χ3n) is 2.58. The molecule has 0 amide bonds. The summed E-state index contributed by atoms with van der Waals surface area (Å²) < 4.78 is 10.1. The number of thioether (sulfide) groups is 1. The van der Waals surface area contributed by atoms with Crippen molar-refractivity contribution in [3.63, 3.8) is 0 Å². The fourth-order valence-electron chi connectivity index (χ4n) is 1.70. The molecule has 0 bridgehead atoms. The van der Waals surface area contributed by atoms with E-state index in [9.17, 15) is 0 Å². The number of thiophene rings is 1. The Morgan fingerprint density at radius 2 is 2.35 bits per heavy atom. The van der Waals surface area contributed by atoms with Crippen molar-refractivity contribution < 1.29 is 9.26 Å². The predicted octanol–water partition coefficient (Wildman–Crippen LogP) is 2.70. The van der Waals surface area contributed by atoms with Gasteiger partial charge in [-0.25, -0.2) is 9.97 Å². The molecule has 3 heterocycles. The number of rotatable bonds is 5. The van der Waals surface area contributed by atoms with E-state index in [0.717, 1.165) is 15.9 Å². The number of hydrogen-bond acceptors (Lipinski definition) is 8. The summed E-state index contributed by atoms with van der Waals surface area (Å²) in [5.41, 5.74) is 6.73. The maximum atomic E-state index is 5.91. The van der Waals surface area contributed by atoms with Gasteiger partial charge in [-0.3, -0.25) is 0 Å². The topological polar surface area (TPSA) is 87.1 Å². The van der Waals surface area contributed by atoms with E-state index < -0.39 is 0 Å². The molecule has 3 aromatic heterocycles. The Labute approximate surface area is 123 Å². The van der Waals surface area contributed by atoms with Crippen LogP contribution in [-0.4, -0.2) is 22.2 Å². The molecule has 0 aliphatic carbocycles. The summed E-state index contributed by atoms with van der Waals surface area (Å²) in [6, 6.07) is 3.79. The van der Waals surface area contributed by atoms with Gasteiger partial charge in [0, 0.05) is 18.9 Å². The first-order chi connectivity index (χ1) is 9.76. The lowest BCUT2D eigenvalue weighted by atomic mass is 10.4. The van der Waals surface area contributed by atoms with Crippen molar-refractivity contribution in [2.24, 2.45) is 0 Å². The second-order valence-corrected chi connectivity index (χ2v) is 5.87. The molecule has 0 saturated heterocycles. The second kappa shape index (κ2) is 5.78. The van der Waals surface area contributed by atoms with Gasteiger partial charge in [0.1, 0.15) is 17.3 Å². The zero-order valence-corrected chi connectivity index (χ0v) is 12.3. The number of nitrogens with zero attached hydrogens (tertiary/aromatic N) is 3. The van der Waals surface area contributed by atoms with Gasteiger partial charge in [0.15, 0.2) is 10.9 Å². The standard InChI is InChI=1S/C12H12N4O2S2/c1-17-5-8-4-7(16-18-8)6-20-12-14-10(13)9-2-3-19-11(9)15-12/h2-4H,5-6H2,1H3,(H2,13,14,15). The summed E-state index contributed by atoms with van der Waals surface area (Å²) in [6.07, 6.45) is 0. The van der Waals surface area contributed by atoms with Crippen molar-refractivity contribution in [3.8, 4) is 0 Å². The summed E-state index contributed by atoms with van der Waals surface area (Å²) >= 11 is 3.03. The Hall–Kier alpha value is -1.64. The Bertz CT molecular complexity index is 725. The molecule has 0 radical (unpaired) electrons. The van der Waals surface area contributed by atoms with Gasteiger partial charge in [-0.15, -0.1) is 11.3 Å². The summed E-state index contributed by atoms with van der Waals surface area (Å²) in [5, 5.41) is 7.47. The van der Waals surface area contributed by atoms with Gasteiger partial charge in [0.25, 0.3) is 0 Å². The van der Waals surface area contributed by atoms with Gasteiger partial charge in [-0.2, -0.15) is 0 Å². The van der Waals surface area contributed by atoms with E-state index in [-0.39, 0.29) is 0 Å². The minimum Gasteiger partial charge on any atom is -0.383 e. The smallest absolute Gasteiger partial charge is 0.191 e. The van der Waals surface area contributed by atoms with Gasteiger partial charge >= 0.3 is 0 Å². The summed E-state index contributed by atoms with van der Waals surface area (Å²) in [4.78, 5) is 9.65. The van der Waals surface area contributed by atoms with Gasteiger partial charge in [-0.1, -0.05) is 16.9 Å². The molecule has 0 saturated carbocycles. The molecule has 20 heavy (non-hydrogen) atoms. The predicted molar refractivity (Wildman–Crippen MR) is 78.6 cm³/mol. The fraction of sp³-hybridized carbons (Fsp3) is 0.250. The quantitative estimate of drug-likeness (QED) is 0.572. The minimum absolute atomic E-state index is 0.419. The molecule has 104 valence electrons. The van der Waals surface area contributed by atoms with Crippen LogP contribution >= 0.6 is 23.1 Å². The molecule has 0 aliphatic rings. The van der Waals surface area contributed by atoms with Crippen LogP contribution in [0.4, 0.5) is 5.82 Å². The molecule has 8 heteroatoms. The highest BCUT2D eigenvalue weighted by Gasteiger charge is 2.09. The lowest BCUT2D eigenvalue weighted by Crippen LogP contribution is -1.95. The van der Waals surface area contributed by atoms with Crippen LogP contribution in [0.1, 0.15) is 11.5 Å². The van der Waals surface area contributed by atoms with Crippen LogP contribution in [0, 0.1) is 0 Å². The molecule has 2 N–H and O–H groups in total. The number of nitrogen functional groups attached to an aromatic ring is 1. The number of anilines is 1. The largest absolute Gasteiger partial charge is 0.383 e. The highest BCUT2D eigenvalue weighted by Crippen LogP contribution is 2.27. The molecule has 0 spiro atoms. The van der Waals surface area contributed by atoms with Gasteiger partial charge in [0.2, 0.25) is 0 Å². The van der Waals surface area contributed by atoms with Crippen molar-refractivity contribution in [3.05, 3.63) is 29.0 Å². The number of aromatic nitrogens is 3. The molecule has 0 fully saturated rings. The molecule has 3 aromatic rings. The van der Waals surface area contributed by atoms with Crippen LogP contribution in [0.25, 0.3) is 10.2 Å². The van der Waals surface area contributed by atoms with Gasteiger partial charge in [0.05, 0.1) is 11.1 Å². The molecule has 6 nitrogen and oxygen atoms in total. The minimum atomic E-state index is 0.419. The molecule has 0 atom stereocenters. The van der Waals surface area contributed by atoms with Crippen LogP contribution < -0.4 is 5.73 Å². The second-order valence-electron chi connectivity index (χ2n) is 4.04. The van der Waals surface area contributed by atoms with E-state index in [2.05, 4.69) is 15.1 Å². The van der Waals surface area contributed by atoms with Crippen molar-refractivity contribution in [1.29, 1.82) is 0 Å². The number of fused-ring (bicyclic) bond motifs is 1. The Morgan fingerprint density at radius 3 is 3.20 bits per heavy atom. The third-order valence-corrected chi connectivity index (χ3v) is 4.27. The first-order valence-corrected chi connectivity index (χ1v) is 7.69. The summed E-state index contributed by atoms with van der Waals surface area (Å²) in [6.45, 7) is 0.419. The number of methoxy groups -OCH3 is 1. The maximum Gasteiger partial charge on any atom is 0.191 e. The van der Waals surface area contributed by atoms with Crippen LogP contribution in [-0.2, 0) is 17.1 Å². The molecular weight excluding hydrogens is 296 g/mol. The van der Waals surface area contributed by atoms with E-state index in [1.807, 2.05) is 17.5 Å². The molecule has 0 aliphatic heterocycles. The van der Waals surface area contributed by atoms with Crippen LogP contribution in [0.2, 0.25) is 0 Å². The first-order valence-electron chi connectivity index (χ1n) is 5.83. The van der Waals surface area contributed by atoms with Crippen molar-refractivity contribution in [2.75, 3.05) is 12.8 Å². The summed E-state index contributed by atoms with van der Waals surface area (Å²) in [7, 11) is 1.61. The highest BCUT2D eigenvalue weighted by atomic mass is 32.2. The maximum absolute atomic E-state index is 5.91. The van der Waals surface area contributed by atoms with Crippen molar-refractivity contribution in [2.45, 2.75) is 17.5 Å². The Balaban J connectivity index is 1.72. The molecule has 3 rings (SSSR count). The van der Waals surface area contributed by atoms with Crippen molar-refractivity contribution in [1.82, 2.24) is 15.1 Å². The summed E-state index contributed by atoms with van der Waals surface area (Å²) in [5.74, 6) is 1.85.